The second-order valence-electron chi connectivity index (χ2n) is 4.40. The summed E-state index contributed by atoms with van der Waals surface area (Å²) in [5, 5.41) is 0.736. The van der Waals surface area contributed by atoms with Crippen LogP contribution in [0.25, 0.3) is 10.9 Å². The van der Waals surface area contributed by atoms with Gasteiger partial charge in [-0.15, -0.1) is 0 Å². The van der Waals surface area contributed by atoms with Crippen LogP contribution in [0.2, 0.25) is 0 Å². The largest absolute Gasteiger partial charge is 0.344 e. The number of aromatic nitrogens is 1. The van der Waals surface area contributed by atoms with Gasteiger partial charge in [0.15, 0.2) is 5.78 Å². The smallest absolute Gasteiger partial charge is 0.161 e. The molecule has 1 fully saturated rings. The van der Waals surface area contributed by atoms with E-state index in [1.807, 2.05) is 6.20 Å². The number of nitrogens with zero attached hydrogens (tertiary/aromatic N) is 1. The van der Waals surface area contributed by atoms with Gasteiger partial charge in [-0.05, 0) is 38.0 Å². The number of carbonyl (C=O) groups excluding carboxylic acids is 1. The third kappa shape index (κ3) is 1.35. The zero-order valence-electron chi connectivity index (χ0n) is 9.03. The normalized spacial score (nSPS) is 15.6. The lowest BCUT2D eigenvalue weighted by Crippen LogP contribution is -1.91. The Bertz CT molecular complexity index is 581. The Morgan fingerprint density at radius 3 is 2.81 bits per heavy atom. The molecule has 0 N–H and O–H groups in total. The van der Waals surface area contributed by atoms with Gasteiger partial charge in [0.1, 0.15) is 5.82 Å². The fraction of sp³-hybridized carbons (Fsp3) is 0.308. The van der Waals surface area contributed by atoms with Crippen molar-refractivity contribution in [2.45, 2.75) is 25.8 Å². The predicted octanol–water partition coefficient (Wildman–Crippen LogP) is 3.32. The molecule has 3 heteroatoms. The average Bonchev–Trinajstić information content (AvgIpc) is 2.99. The third-order valence-electron chi connectivity index (χ3n) is 3.11. The molecule has 1 aliphatic rings. The van der Waals surface area contributed by atoms with E-state index in [4.69, 9.17) is 0 Å². The minimum absolute atomic E-state index is 0.00463. The zero-order valence-corrected chi connectivity index (χ0v) is 9.03. The van der Waals surface area contributed by atoms with Crippen molar-refractivity contribution in [3.8, 4) is 0 Å². The van der Waals surface area contributed by atoms with Gasteiger partial charge in [0.2, 0.25) is 0 Å². The van der Waals surface area contributed by atoms with Gasteiger partial charge in [-0.2, -0.15) is 0 Å². The van der Waals surface area contributed by atoms with Crippen LogP contribution in [0, 0.1) is 5.82 Å². The van der Waals surface area contributed by atoms with Crippen molar-refractivity contribution >= 4 is 16.7 Å². The summed E-state index contributed by atoms with van der Waals surface area (Å²) in [5.41, 5.74) is 1.59. The van der Waals surface area contributed by atoms with Crippen LogP contribution >= 0.6 is 0 Å². The Balaban J connectivity index is 2.32. The fourth-order valence-electron chi connectivity index (χ4n) is 2.16. The van der Waals surface area contributed by atoms with E-state index in [2.05, 4.69) is 4.57 Å². The summed E-state index contributed by atoms with van der Waals surface area (Å²) in [4.78, 5) is 11.5. The standard InChI is InChI=1S/C13H12FNO/c1-8(16)12-7-15(10-3-4-10)13-5-2-9(14)6-11(12)13/h2,5-7,10H,3-4H2,1H3. The number of halogens is 1. The molecule has 16 heavy (non-hydrogen) atoms. The van der Waals surface area contributed by atoms with Crippen LogP contribution in [-0.4, -0.2) is 10.4 Å². The lowest BCUT2D eigenvalue weighted by atomic mass is 10.1. The van der Waals surface area contributed by atoms with Crippen molar-refractivity contribution in [1.82, 2.24) is 4.57 Å². The first kappa shape index (κ1) is 9.58. The van der Waals surface area contributed by atoms with Crippen molar-refractivity contribution in [1.29, 1.82) is 0 Å². The monoisotopic (exact) mass is 217 g/mol. The number of Topliss-reactive ketones (excluding diaryl/α,β-unsaturated/α-hetero) is 1. The van der Waals surface area contributed by atoms with Gasteiger partial charge in [-0.1, -0.05) is 0 Å². The summed E-state index contributed by atoms with van der Waals surface area (Å²) in [5.74, 6) is -0.293. The molecule has 1 aromatic heterocycles. The summed E-state index contributed by atoms with van der Waals surface area (Å²) in [6.07, 6.45) is 4.17. The lowest BCUT2D eigenvalue weighted by molar-refractivity contribution is 0.101. The first-order valence-electron chi connectivity index (χ1n) is 5.48. The Kier molecular flexibility index (Phi) is 1.90. The third-order valence-corrected chi connectivity index (χ3v) is 3.11. The Hall–Kier alpha value is -1.64. The molecule has 0 saturated heterocycles. The zero-order chi connectivity index (χ0) is 11.3. The molecule has 1 aromatic carbocycles. The van der Waals surface area contributed by atoms with Gasteiger partial charge >= 0.3 is 0 Å². The molecule has 2 aromatic rings. The van der Waals surface area contributed by atoms with Crippen LogP contribution in [0.4, 0.5) is 4.39 Å². The highest BCUT2D eigenvalue weighted by atomic mass is 19.1. The summed E-state index contributed by atoms with van der Waals surface area (Å²) in [6, 6.07) is 5.16. The lowest BCUT2D eigenvalue weighted by Gasteiger charge is -2.00. The van der Waals surface area contributed by atoms with E-state index in [0.717, 1.165) is 23.7 Å². The van der Waals surface area contributed by atoms with Crippen molar-refractivity contribution in [2.24, 2.45) is 0 Å². The van der Waals surface area contributed by atoms with E-state index >= 15 is 0 Å². The van der Waals surface area contributed by atoms with Crippen LogP contribution in [0.3, 0.4) is 0 Å². The molecule has 1 saturated carbocycles. The number of carbonyl (C=O) groups is 1. The maximum absolute atomic E-state index is 13.2. The molecule has 0 radical (unpaired) electrons. The van der Waals surface area contributed by atoms with Crippen molar-refractivity contribution in [2.75, 3.05) is 0 Å². The van der Waals surface area contributed by atoms with Gasteiger partial charge in [0.25, 0.3) is 0 Å². The Morgan fingerprint density at radius 1 is 1.44 bits per heavy atom. The molecule has 2 nitrogen and oxygen atoms in total. The molecule has 3 rings (SSSR count). The van der Waals surface area contributed by atoms with Crippen LogP contribution in [-0.2, 0) is 0 Å². The van der Waals surface area contributed by atoms with Crippen molar-refractivity contribution < 1.29 is 9.18 Å². The van der Waals surface area contributed by atoms with Gasteiger partial charge in [0.05, 0.1) is 0 Å². The van der Waals surface area contributed by atoms with Gasteiger partial charge < -0.3 is 4.57 Å². The van der Waals surface area contributed by atoms with E-state index in [1.165, 1.54) is 19.1 Å². The SMILES string of the molecule is CC(=O)c1cn(C2CC2)c2ccc(F)cc12. The minimum atomic E-state index is -0.288. The first-order chi connectivity index (χ1) is 7.66. The molecule has 82 valence electrons. The highest BCUT2D eigenvalue weighted by Gasteiger charge is 2.26. The molecule has 0 spiro atoms. The van der Waals surface area contributed by atoms with E-state index in [-0.39, 0.29) is 11.6 Å². The summed E-state index contributed by atoms with van der Waals surface area (Å²) in [7, 11) is 0. The van der Waals surface area contributed by atoms with Crippen LogP contribution < -0.4 is 0 Å². The highest BCUT2D eigenvalue weighted by molar-refractivity contribution is 6.07. The van der Waals surface area contributed by atoms with Crippen molar-refractivity contribution in [3.63, 3.8) is 0 Å². The van der Waals surface area contributed by atoms with Crippen LogP contribution in [0.15, 0.2) is 24.4 Å². The number of hydrogen-bond acceptors (Lipinski definition) is 1. The average molecular weight is 217 g/mol. The molecule has 0 atom stereocenters. The summed E-state index contributed by atoms with van der Waals surface area (Å²) in [6.45, 7) is 1.52. The van der Waals surface area contributed by atoms with Gasteiger partial charge in [-0.3, -0.25) is 4.79 Å². The fourth-order valence-corrected chi connectivity index (χ4v) is 2.16. The van der Waals surface area contributed by atoms with E-state index in [9.17, 15) is 9.18 Å². The minimum Gasteiger partial charge on any atom is -0.344 e. The van der Waals surface area contributed by atoms with E-state index in [0.29, 0.717) is 11.6 Å². The summed E-state index contributed by atoms with van der Waals surface area (Å²) < 4.78 is 15.3. The maximum atomic E-state index is 13.2. The second-order valence-corrected chi connectivity index (χ2v) is 4.40. The number of ketones is 1. The van der Waals surface area contributed by atoms with Crippen LogP contribution in [0.1, 0.15) is 36.2 Å². The molecule has 0 amide bonds. The molecule has 0 bridgehead atoms. The van der Waals surface area contributed by atoms with E-state index in [1.54, 1.807) is 6.07 Å². The number of fused-ring (bicyclic) bond motifs is 1. The molecule has 1 aliphatic carbocycles. The molecular weight excluding hydrogens is 205 g/mol. The molecular formula is C13H12FNO. The van der Waals surface area contributed by atoms with Crippen LogP contribution in [0.5, 0.6) is 0 Å². The molecule has 0 unspecified atom stereocenters. The number of hydrogen-bond donors (Lipinski definition) is 0. The van der Waals surface area contributed by atoms with Gasteiger partial charge in [-0.25, -0.2) is 4.39 Å². The maximum Gasteiger partial charge on any atom is 0.161 e. The molecule has 1 heterocycles. The number of benzene rings is 1. The van der Waals surface area contributed by atoms with Crippen molar-refractivity contribution in [3.05, 3.63) is 35.8 Å². The highest BCUT2D eigenvalue weighted by Crippen LogP contribution is 2.39. The number of rotatable bonds is 2. The quantitative estimate of drug-likeness (QED) is 0.707. The summed E-state index contributed by atoms with van der Waals surface area (Å²) >= 11 is 0. The first-order valence-corrected chi connectivity index (χ1v) is 5.48. The second kappa shape index (κ2) is 3.17. The predicted molar refractivity (Wildman–Crippen MR) is 60.2 cm³/mol. The van der Waals surface area contributed by atoms with Gasteiger partial charge in [0, 0.05) is 28.7 Å². The van der Waals surface area contributed by atoms with E-state index < -0.39 is 0 Å². The topological polar surface area (TPSA) is 22.0 Å². The Morgan fingerprint density at radius 2 is 2.19 bits per heavy atom. The molecule has 0 aliphatic heterocycles. The Labute approximate surface area is 92.7 Å².